The molecule has 0 amide bonds. The highest BCUT2D eigenvalue weighted by Gasteiger charge is 2.11. The number of hydrogen-bond acceptors (Lipinski definition) is 4. The Bertz CT molecular complexity index is 158. The zero-order valence-electron chi connectivity index (χ0n) is 11.3. The van der Waals surface area contributed by atoms with Crippen LogP contribution in [0.5, 0.6) is 0 Å². The molecule has 0 atom stereocenters. The van der Waals surface area contributed by atoms with Gasteiger partial charge in [0.1, 0.15) is 0 Å². The molecule has 0 aromatic carbocycles. The van der Waals surface area contributed by atoms with Gasteiger partial charge in [-0.05, 0) is 19.5 Å². The summed E-state index contributed by atoms with van der Waals surface area (Å²) in [6.45, 7) is 12.2. The number of halogens is 4. The molecule has 2 aliphatic heterocycles. The average Bonchev–Trinajstić information content (AvgIpc) is 2.32. The van der Waals surface area contributed by atoms with Gasteiger partial charge in [0.25, 0.3) is 0 Å². The number of nitrogens with zero attached hydrogens (tertiary/aromatic N) is 2. The second-order valence-corrected chi connectivity index (χ2v) is 4.54. The van der Waals surface area contributed by atoms with Crippen molar-refractivity contribution in [2.75, 3.05) is 65.4 Å². The Morgan fingerprint density at radius 2 is 0.895 bits per heavy atom. The summed E-state index contributed by atoms with van der Waals surface area (Å²) < 4.78 is 0. The number of rotatable bonds is 4. The van der Waals surface area contributed by atoms with E-state index in [2.05, 4.69) is 20.4 Å². The van der Waals surface area contributed by atoms with Gasteiger partial charge in [0.2, 0.25) is 0 Å². The summed E-state index contributed by atoms with van der Waals surface area (Å²) in [4.78, 5) is 5.16. The Morgan fingerprint density at radius 1 is 0.579 bits per heavy atom. The molecule has 0 aliphatic carbocycles. The standard InChI is InChI=1S/C11H24N4.4ClH/c1(6-14-8-2-12-3-9-14)7-15-10-4-13-5-11-15;;;;/h12-13H,1-11H2;4*1H. The highest BCUT2D eigenvalue weighted by atomic mass is 35.5. The zero-order chi connectivity index (χ0) is 10.3. The van der Waals surface area contributed by atoms with E-state index < -0.39 is 0 Å². The van der Waals surface area contributed by atoms with Crippen LogP contribution in [0.4, 0.5) is 0 Å². The smallest absolute Gasteiger partial charge is 0.0107 e. The van der Waals surface area contributed by atoms with Gasteiger partial charge in [-0.2, -0.15) is 0 Å². The van der Waals surface area contributed by atoms with Crippen molar-refractivity contribution in [2.45, 2.75) is 6.42 Å². The molecular formula is C11H28Cl4N4. The largest absolute Gasteiger partial charge is 0.314 e. The highest BCUT2D eigenvalue weighted by molar-refractivity contribution is 5.86. The molecule has 2 saturated heterocycles. The van der Waals surface area contributed by atoms with E-state index in [1.54, 1.807) is 0 Å². The molecule has 0 saturated carbocycles. The topological polar surface area (TPSA) is 30.5 Å². The maximum absolute atomic E-state index is 3.39. The maximum atomic E-state index is 3.39. The molecular weight excluding hydrogens is 330 g/mol. The fraction of sp³-hybridized carbons (Fsp3) is 1.00. The van der Waals surface area contributed by atoms with Gasteiger partial charge >= 0.3 is 0 Å². The third-order valence-electron chi connectivity index (χ3n) is 3.37. The van der Waals surface area contributed by atoms with E-state index in [-0.39, 0.29) is 49.6 Å². The third kappa shape index (κ3) is 10.4. The monoisotopic (exact) mass is 356 g/mol. The van der Waals surface area contributed by atoms with E-state index in [0.29, 0.717) is 0 Å². The molecule has 2 rings (SSSR count). The molecule has 2 N–H and O–H groups in total. The highest BCUT2D eigenvalue weighted by Crippen LogP contribution is 1.98. The first kappa shape index (κ1) is 25.0. The molecule has 0 aromatic rings. The Balaban J connectivity index is -0.000000640. The first-order valence-electron chi connectivity index (χ1n) is 6.31. The van der Waals surface area contributed by atoms with E-state index in [9.17, 15) is 0 Å². The van der Waals surface area contributed by atoms with E-state index >= 15 is 0 Å². The van der Waals surface area contributed by atoms with Crippen molar-refractivity contribution < 1.29 is 0 Å². The molecule has 2 heterocycles. The third-order valence-corrected chi connectivity index (χ3v) is 3.37. The number of hydrogen-bond donors (Lipinski definition) is 2. The Hall–Kier alpha value is 1.00. The summed E-state index contributed by atoms with van der Waals surface area (Å²) in [7, 11) is 0. The summed E-state index contributed by atoms with van der Waals surface area (Å²) in [6.07, 6.45) is 1.33. The van der Waals surface area contributed by atoms with Crippen LogP contribution in [0.1, 0.15) is 6.42 Å². The second-order valence-electron chi connectivity index (χ2n) is 4.54. The first-order chi connectivity index (χ1) is 7.45. The van der Waals surface area contributed by atoms with Crippen LogP contribution in [0.15, 0.2) is 0 Å². The maximum Gasteiger partial charge on any atom is 0.0107 e. The fourth-order valence-corrected chi connectivity index (χ4v) is 2.39. The minimum Gasteiger partial charge on any atom is -0.314 e. The lowest BCUT2D eigenvalue weighted by Crippen LogP contribution is -2.46. The molecule has 0 bridgehead atoms. The molecule has 0 aromatic heterocycles. The Labute approximate surface area is 142 Å². The van der Waals surface area contributed by atoms with Gasteiger partial charge in [0.05, 0.1) is 0 Å². The summed E-state index contributed by atoms with van der Waals surface area (Å²) in [6, 6.07) is 0. The van der Waals surface area contributed by atoms with Crippen LogP contribution >= 0.6 is 49.6 Å². The van der Waals surface area contributed by atoms with Crippen molar-refractivity contribution in [3.05, 3.63) is 0 Å². The van der Waals surface area contributed by atoms with Crippen LogP contribution in [0, 0.1) is 0 Å². The lowest BCUT2D eigenvalue weighted by molar-refractivity contribution is 0.199. The SMILES string of the molecule is C(CN1CCNCC1)CN1CCNCC1.Cl.Cl.Cl.Cl. The quantitative estimate of drug-likeness (QED) is 0.781. The lowest BCUT2D eigenvalue weighted by Gasteiger charge is -2.30. The van der Waals surface area contributed by atoms with E-state index in [4.69, 9.17) is 0 Å². The van der Waals surface area contributed by atoms with Crippen LogP contribution in [-0.2, 0) is 0 Å². The van der Waals surface area contributed by atoms with Crippen molar-refractivity contribution in [1.82, 2.24) is 20.4 Å². The molecule has 120 valence electrons. The number of piperazine rings is 2. The van der Waals surface area contributed by atoms with Gasteiger partial charge in [-0.3, -0.25) is 0 Å². The second kappa shape index (κ2) is 15.4. The number of nitrogens with one attached hydrogen (secondary N) is 2. The molecule has 2 aliphatic rings. The molecule has 8 heteroatoms. The van der Waals surface area contributed by atoms with Gasteiger partial charge in [-0.1, -0.05) is 0 Å². The van der Waals surface area contributed by atoms with Crippen LogP contribution in [-0.4, -0.2) is 75.2 Å². The van der Waals surface area contributed by atoms with Gasteiger partial charge < -0.3 is 20.4 Å². The van der Waals surface area contributed by atoms with E-state index in [1.165, 1.54) is 71.9 Å². The first-order valence-corrected chi connectivity index (χ1v) is 6.31. The molecule has 2 fully saturated rings. The van der Waals surface area contributed by atoms with Crippen LogP contribution in [0.25, 0.3) is 0 Å². The molecule has 19 heavy (non-hydrogen) atoms. The van der Waals surface area contributed by atoms with Crippen LogP contribution < -0.4 is 10.6 Å². The Morgan fingerprint density at radius 3 is 1.21 bits per heavy atom. The molecule has 0 radical (unpaired) electrons. The van der Waals surface area contributed by atoms with Gasteiger partial charge in [-0.15, -0.1) is 49.6 Å². The van der Waals surface area contributed by atoms with Crippen molar-refractivity contribution in [1.29, 1.82) is 0 Å². The summed E-state index contributed by atoms with van der Waals surface area (Å²) >= 11 is 0. The lowest BCUT2D eigenvalue weighted by atomic mass is 10.3. The zero-order valence-corrected chi connectivity index (χ0v) is 14.6. The van der Waals surface area contributed by atoms with Gasteiger partial charge in [0, 0.05) is 52.4 Å². The van der Waals surface area contributed by atoms with E-state index in [0.717, 1.165) is 0 Å². The minimum absolute atomic E-state index is 0. The summed E-state index contributed by atoms with van der Waals surface area (Å²) in [5.74, 6) is 0. The van der Waals surface area contributed by atoms with Crippen LogP contribution in [0.2, 0.25) is 0 Å². The van der Waals surface area contributed by atoms with Crippen molar-refractivity contribution in [3.63, 3.8) is 0 Å². The van der Waals surface area contributed by atoms with Crippen molar-refractivity contribution in [3.8, 4) is 0 Å². The van der Waals surface area contributed by atoms with Crippen molar-refractivity contribution >= 4 is 49.6 Å². The normalized spacial score (nSPS) is 20.2. The van der Waals surface area contributed by atoms with Crippen molar-refractivity contribution in [2.24, 2.45) is 0 Å². The molecule has 0 spiro atoms. The predicted octanol–water partition coefficient (Wildman–Crippen LogP) is 0.874. The summed E-state index contributed by atoms with van der Waals surface area (Å²) in [5.41, 5.74) is 0. The van der Waals surface area contributed by atoms with Gasteiger partial charge in [-0.25, -0.2) is 0 Å². The van der Waals surface area contributed by atoms with Gasteiger partial charge in [0.15, 0.2) is 0 Å². The molecule has 0 unspecified atom stereocenters. The van der Waals surface area contributed by atoms with E-state index in [1.807, 2.05) is 0 Å². The minimum atomic E-state index is 0. The average molecular weight is 358 g/mol. The van der Waals surface area contributed by atoms with Crippen LogP contribution in [0.3, 0.4) is 0 Å². The molecule has 4 nitrogen and oxygen atoms in total. The summed E-state index contributed by atoms with van der Waals surface area (Å²) in [5, 5.41) is 6.79. The predicted molar refractivity (Wildman–Crippen MR) is 92.2 cm³/mol. The fourth-order valence-electron chi connectivity index (χ4n) is 2.39. The Kier molecular flexibility index (Phi) is 20.2.